The Hall–Kier alpha value is -3.45. The van der Waals surface area contributed by atoms with Crippen LogP contribution in [-0.4, -0.2) is 44.8 Å². The summed E-state index contributed by atoms with van der Waals surface area (Å²) in [5, 5.41) is 26.3. The third-order valence-electron chi connectivity index (χ3n) is 10.3. The molecule has 2 aromatic rings. The number of Topliss-reactive ketones (excluding diaryl/α,β-unsaturated/α-hetero) is 2. The van der Waals surface area contributed by atoms with Crippen LogP contribution in [-0.2, 0) is 20.8 Å². The molecule has 4 aliphatic rings. The van der Waals surface area contributed by atoms with Crippen molar-refractivity contribution in [3.8, 4) is 0 Å². The summed E-state index contributed by atoms with van der Waals surface area (Å²) in [5.74, 6) is -3.55. The molecule has 0 bridgehead atoms. The number of aliphatic hydroxyl groups is 2. The second-order valence-corrected chi connectivity index (χ2v) is 12.1. The maximum Gasteiger partial charge on any atom is 0.235 e. The van der Waals surface area contributed by atoms with Gasteiger partial charge < -0.3 is 20.5 Å². The third-order valence-corrected chi connectivity index (χ3v) is 10.3. The highest BCUT2D eigenvalue weighted by molar-refractivity contribution is 6.11. The highest BCUT2D eigenvalue weighted by Gasteiger charge is 2.67. The number of carbonyl (C=O) groups is 3. The number of aromatic nitrogens is 1. The molecule has 0 saturated carbocycles. The Morgan fingerprint density at radius 1 is 1.05 bits per heavy atom. The minimum atomic E-state index is -1.53. The van der Waals surface area contributed by atoms with Gasteiger partial charge in [0, 0.05) is 47.3 Å². The molecule has 1 aliphatic heterocycles. The van der Waals surface area contributed by atoms with Gasteiger partial charge in [-0.1, -0.05) is 42.8 Å². The Bertz CT molecular complexity index is 1490. The molecule has 1 amide bonds. The normalized spacial score (nSPS) is 37.6. The SMILES string of the molecule is CC1=C(C)C2C(Cc3c[nH]c4ccccc34)NC(=O)C23C(=O)CC2C(=O)C(O)=C(C)C2C(C)C/C=C/C3C1O. The van der Waals surface area contributed by atoms with E-state index in [1.165, 1.54) is 0 Å². The Morgan fingerprint density at radius 3 is 2.56 bits per heavy atom. The van der Waals surface area contributed by atoms with E-state index in [9.17, 15) is 24.6 Å². The van der Waals surface area contributed by atoms with E-state index in [2.05, 4.69) is 10.3 Å². The van der Waals surface area contributed by atoms with E-state index in [1.54, 1.807) is 6.92 Å². The predicted molar refractivity (Wildman–Crippen MR) is 148 cm³/mol. The molecule has 3 aliphatic carbocycles. The van der Waals surface area contributed by atoms with Gasteiger partial charge in [-0.2, -0.15) is 0 Å². The molecule has 8 unspecified atom stereocenters. The number of benzene rings is 1. The van der Waals surface area contributed by atoms with Crippen molar-refractivity contribution in [2.24, 2.45) is 35.0 Å². The summed E-state index contributed by atoms with van der Waals surface area (Å²) in [7, 11) is 0. The van der Waals surface area contributed by atoms with Gasteiger partial charge in [0.25, 0.3) is 0 Å². The van der Waals surface area contributed by atoms with Gasteiger partial charge in [0.1, 0.15) is 5.41 Å². The summed E-state index contributed by atoms with van der Waals surface area (Å²) >= 11 is 0. The molecule has 1 fully saturated rings. The zero-order valence-electron chi connectivity index (χ0n) is 22.8. The molecule has 1 aromatic heterocycles. The number of amides is 1. The van der Waals surface area contributed by atoms with Crippen LogP contribution in [0.5, 0.6) is 0 Å². The van der Waals surface area contributed by atoms with E-state index in [0.29, 0.717) is 18.4 Å². The number of para-hydroxylation sites is 1. The molecule has 7 nitrogen and oxygen atoms in total. The standard InChI is InChI=1S/C32H36N2O5/c1-15-8-7-10-22-28(36)17(3)16(2)27-24(12-19-14-33-23-11-6-5-9-20(19)23)34-31(39)32(22,27)25(35)13-21-26(15)18(4)29(37)30(21)38/h5-7,9-11,14-15,21-22,24,26-28,33,36-37H,8,12-13H2,1-4H3,(H,34,39)/b10-7+. The second kappa shape index (κ2) is 9.05. The first kappa shape index (κ1) is 25.8. The summed E-state index contributed by atoms with van der Waals surface area (Å²) in [4.78, 5) is 45.2. The van der Waals surface area contributed by atoms with Crippen LogP contribution in [0.1, 0.15) is 46.1 Å². The van der Waals surface area contributed by atoms with Crippen molar-refractivity contribution in [1.29, 1.82) is 0 Å². The largest absolute Gasteiger partial charge is 0.504 e. The van der Waals surface area contributed by atoms with Crippen molar-refractivity contribution in [2.75, 3.05) is 0 Å². The zero-order valence-corrected chi connectivity index (χ0v) is 22.8. The van der Waals surface area contributed by atoms with Gasteiger partial charge in [-0.05, 0) is 68.2 Å². The van der Waals surface area contributed by atoms with E-state index in [4.69, 9.17) is 0 Å². The number of ketones is 2. The molecule has 6 rings (SSSR count). The van der Waals surface area contributed by atoms with E-state index in [-0.39, 0.29) is 41.7 Å². The Balaban J connectivity index is 1.48. The first-order valence-electron chi connectivity index (χ1n) is 13.9. The predicted octanol–water partition coefficient (Wildman–Crippen LogP) is 4.34. The van der Waals surface area contributed by atoms with E-state index < -0.39 is 35.1 Å². The van der Waals surface area contributed by atoms with E-state index in [0.717, 1.165) is 27.6 Å². The van der Waals surface area contributed by atoms with Crippen LogP contribution in [0.25, 0.3) is 10.9 Å². The molecule has 2 heterocycles. The number of H-pyrrole nitrogens is 1. The summed E-state index contributed by atoms with van der Waals surface area (Å²) in [6.45, 7) is 7.59. The fourth-order valence-electron chi connectivity index (χ4n) is 8.27. The van der Waals surface area contributed by atoms with Crippen molar-refractivity contribution in [3.05, 3.63) is 70.7 Å². The van der Waals surface area contributed by atoms with Gasteiger partial charge in [0.05, 0.1) is 6.10 Å². The summed E-state index contributed by atoms with van der Waals surface area (Å²) in [6, 6.07) is 7.64. The first-order chi connectivity index (χ1) is 18.6. The molecule has 204 valence electrons. The third kappa shape index (κ3) is 3.48. The molecule has 7 heteroatoms. The van der Waals surface area contributed by atoms with Crippen LogP contribution in [0.3, 0.4) is 0 Å². The number of carbonyl (C=O) groups excluding carboxylic acids is 3. The smallest absolute Gasteiger partial charge is 0.235 e. The molecular weight excluding hydrogens is 492 g/mol. The Kier molecular flexibility index (Phi) is 5.99. The lowest BCUT2D eigenvalue weighted by Gasteiger charge is -2.47. The van der Waals surface area contributed by atoms with Gasteiger partial charge in [0.2, 0.25) is 11.7 Å². The van der Waals surface area contributed by atoms with Crippen LogP contribution in [0.15, 0.2) is 65.1 Å². The molecule has 8 atom stereocenters. The van der Waals surface area contributed by atoms with Gasteiger partial charge in [0.15, 0.2) is 11.5 Å². The van der Waals surface area contributed by atoms with Crippen LogP contribution in [0, 0.1) is 35.0 Å². The highest BCUT2D eigenvalue weighted by atomic mass is 16.3. The topological polar surface area (TPSA) is 119 Å². The average molecular weight is 529 g/mol. The molecule has 4 N–H and O–H groups in total. The van der Waals surface area contributed by atoms with Gasteiger partial charge in [-0.15, -0.1) is 0 Å². The molecule has 1 aromatic carbocycles. The minimum Gasteiger partial charge on any atom is -0.504 e. The number of aliphatic hydroxyl groups excluding tert-OH is 2. The Morgan fingerprint density at radius 2 is 1.79 bits per heavy atom. The monoisotopic (exact) mass is 528 g/mol. The van der Waals surface area contributed by atoms with Gasteiger partial charge >= 0.3 is 0 Å². The fraction of sp³-hybridized carbons (Fsp3) is 0.469. The van der Waals surface area contributed by atoms with Gasteiger partial charge in [-0.25, -0.2) is 0 Å². The molecule has 1 saturated heterocycles. The number of aromatic amines is 1. The number of rotatable bonds is 2. The number of nitrogens with one attached hydrogen (secondary N) is 2. The van der Waals surface area contributed by atoms with Crippen molar-refractivity contribution in [3.63, 3.8) is 0 Å². The number of allylic oxidation sites excluding steroid dienone is 3. The quantitative estimate of drug-likeness (QED) is 0.342. The van der Waals surface area contributed by atoms with Crippen molar-refractivity contribution in [2.45, 2.75) is 59.1 Å². The lowest BCUT2D eigenvalue weighted by atomic mass is 9.53. The summed E-state index contributed by atoms with van der Waals surface area (Å²) < 4.78 is 0. The van der Waals surface area contributed by atoms with E-state index in [1.807, 2.05) is 63.4 Å². The minimum absolute atomic E-state index is 0.0173. The van der Waals surface area contributed by atoms with E-state index >= 15 is 0 Å². The first-order valence-corrected chi connectivity index (χ1v) is 13.9. The number of hydrogen-bond acceptors (Lipinski definition) is 5. The molecular formula is C32H36N2O5. The second-order valence-electron chi connectivity index (χ2n) is 12.1. The summed E-state index contributed by atoms with van der Waals surface area (Å²) in [5.41, 5.74) is 2.77. The highest BCUT2D eigenvalue weighted by Crippen LogP contribution is 2.56. The molecule has 39 heavy (non-hydrogen) atoms. The Labute approximate surface area is 228 Å². The van der Waals surface area contributed by atoms with Crippen molar-refractivity contribution < 1.29 is 24.6 Å². The van der Waals surface area contributed by atoms with Crippen molar-refractivity contribution in [1.82, 2.24) is 10.3 Å². The maximum atomic E-state index is 14.6. The van der Waals surface area contributed by atoms with Crippen LogP contribution < -0.4 is 5.32 Å². The van der Waals surface area contributed by atoms with Gasteiger partial charge in [-0.3, -0.25) is 14.4 Å². The fourth-order valence-corrected chi connectivity index (χ4v) is 8.27. The number of fused-ring (bicyclic) bond motifs is 2. The number of hydrogen-bond donors (Lipinski definition) is 4. The van der Waals surface area contributed by atoms with Crippen LogP contribution in [0.4, 0.5) is 0 Å². The lowest BCUT2D eigenvalue weighted by molar-refractivity contribution is -0.149. The molecule has 0 radical (unpaired) electrons. The maximum absolute atomic E-state index is 14.6. The van der Waals surface area contributed by atoms with Crippen molar-refractivity contribution >= 4 is 28.4 Å². The summed E-state index contributed by atoms with van der Waals surface area (Å²) in [6.07, 6.45) is 5.79. The zero-order chi connectivity index (χ0) is 27.8. The van der Waals surface area contributed by atoms with Crippen LogP contribution in [0.2, 0.25) is 0 Å². The average Bonchev–Trinajstić information content (AvgIpc) is 3.52. The van der Waals surface area contributed by atoms with Crippen LogP contribution >= 0.6 is 0 Å². The lowest BCUT2D eigenvalue weighted by Crippen LogP contribution is -2.56. The molecule has 1 spiro atoms.